The molecule has 7 nitrogen and oxygen atoms in total. The molecule has 4 rings (SSSR count). The average Bonchev–Trinajstić information content (AvgIpc) is 2.89. The lowest BCUT2D eigenvalue weighted by Crippen LogP contribution is -2.47. The van der Waals surface area contributed by atoms with E-state index in [0.29, 0.717) is 19.0 Å². The maximum atomic E-state index is 12.1. The van der Waals surface area contributed by atoms with Gasteiger partial charge >= 0.3 is 6.09 Å². The van der Waals surface area contributed by atoms with Gasteiger partial charge in [-0.25, -0.2) is 9.78 Å². The third kappa shape index (κ3) is 7.85. The second kappa shape index (κ2) is 13.3. The first-order chi connectivity index (χ1) is 17.2. The molecule has 1 aromatic heterocycles. The van der Waals surface area contributed by atoms with E-state index in [1.54, 1.807) is 6.07 Å². The predicted molar refractivity (Wildman–Crippen MR) is 139 cm³/mol. The van der Waals surface area contributed by atoms with Crippen molar-refractivity contribution < 1.29 is 14.3 Å². The number of hydrogen-bond donors (Lipinski definition) is 1. The molecule has 0 unspecified atom stereocenters. The van der Waals surface area contributed by atoms with Crippen LogP contribution in [-0.4, -0.2) is 61.9 Å². The van der Waals surface area contributed by atoms with E-state index >= 15 is 0 Å². The number of ether oxygens (including phenoxy) is 2. The van der Waals surface area contributed by atoms with Crippen LogP contribution in [0.4, 0.5) is 10.5 Å². The Morgan fingerprint density at radius 2 is 1.86 bits per heavy atom. The van der Waals surface area contributed by atoms with Crippen LogP contribution in [0.25, 0.3) is 0 Å². The van der Waals surface area contributed by atoms with E-state index in [-0.39, 0.29) is 0 Å². The van der Waals surface area contributed by atoms with Gasteiger partial charge in [0.1, 0.15) is 5.75 Å². The number of carbonyl (C=O) groups is 1. The third-order valence-electron chi connectivity index (χ3n) is 7.04. The number of amides is 1. The van der Waals surface area contributed by atoms with Crippen LogP contribution in [0.1, 0.15) is 51.0 Å². The maximum Gasteiger partial charge on any atom is 0.413 e. The Kier molecular flexibility index (Phi) is 9.64. The summed E-state index contributed by atoms with van der Waals surface area (Å²) in [7, 11) is 0. The number of rotatable bonds is 10. The quantitative estimate of drug-likeness (QED) is 0.488. The fourth-order valence-electron chi connectivity index (χ4n) is 5.15. The standard InChI is InChI=1S/C28H40N4O3/c1-2-34-26-12-7-6-11-25(26)32-19-17-31(18-20-32)16-8-15-29-28(33)35-27-14-13-24(22-30-27)21-23-9-4-3-5-10-23/h6-7,11-14,22-23H,2-5,8-10,15-21H2,1H3,(H,29,33). The molecular weight excluding hydrogens is 440 g/mol. The summed E-state index contributed by atoms with van der Waals surface area (Å²) in [6.45, 7) is 8.19. The summed E-state index contributed by atoms with van der Waals surface area (Å²) >= 11 is 0. The second-order valence-electron chi connectivity index (χ2n) is 9.61. The Balaban J connectivity index is 1.10. The Morgan fingerprint density at radius 1 is 1.06 bits per heavy atom. The number of nitrogens with zero attached hydrogens (tertiary/aromatic N) is 3. The lowest BCUT2D eigenvalue weighted by Gasteiger charge is -2.36. The molecule has 1 N–H and O–H groups in total. The van der Waals surface area contributed by atoms with Gasteiger partial charge in [0.2, 0.25) is 5.88 Å². The van der Waals surface area contributed by atoms with Crippen LogP contribution in [0.2, 0.25) is 0 Å². The van der Waals surface area contributed by atoms with Gasteiger partial charge in [0.05, 0.1) is 12.3 Å². The van der Waals surface area contributed by atoms with Gasteiger partial charge in [-0.2, -0.15) is 0 Å². The highest BCUT2D eigenvalue weighted by Gasteiger charge is 2.19. The van der Waals surface area contributed by atoms with Crippen molar-refractivity contribution in [3.63, 3.8) is 0 Å². The van der Waals surface area contributed by atoms with Crippen LogP contribution in [-0.2, 0) is 6.42 Å². The van der Waals surface area contributed by atoms with Crippen molar-refractivity contribution in [1.29, 1.82) is 0 Å². The highest BCUT2D eigenvalue weighted by molar-refractivity contribution is 5.69. The minimum Gasteiger partial charge on any atom is -0.492 e. The number of anilines is 1. The Morgan fingerprint density at radius 3 is 2.60 bits per heavy atom. The number of carbonyl (C=O) groups excluding carboxylic acids is 1. The number of hydrogen-bond acceptors (Lipinski definition) is 6. The molecule has 0 bridgehead atoms. The van der Waals surface area contributed by atoms with E-state index in [4.69, 9.17) is 9.47 Å². The van der Waals surface area contributed by atoms with E-state index in [0.717, 1.165) is 57.2 Å². The molecule has 0 radical (unpaired) electrons. The van der Waals surface area contributed by atoms with E-state index in [1.165, 1.54) is 43.4 Å². The van der Waals surface area contributed by atoms with Gasteiger partial charge in [-0.3, -0.25) is 4.90 Å². The third-order valence-corrected chi connectivity index (χ3v) is 7.04. The van der Waals surface area contributed by atoms with E-state index in [2.05, 4.69) is 32.2 Å². The molecule has 1 aliphatic carbocycles. The van der Waals surface area contributed by atoms with Gasteiger partial charge in [0.25, 0.3) is 0 Å². The lowest BCUT2D eigenvalue weighted by molar-refractivity contribution is 0.196. The van der Waals surface area contributed by atoms with Crippen molar-refractivity contribution >= 4 is 11.8 Å². The number of benzene rings is 1. The second-order valence-corrected chi connectivity index (χ2v) is 9.61. The molecule has 0 atom stereocenters. The van der Waals surface area contributed by atoms with E-state index < -0.39 is 6.09 Å². The van der Waals surface area contributed by atoms with Crippen LogP contribution in [0, 0.1) is 5.92 Å². The summed E-state index contributed by atoms with van der Waals surface area (Å²) < 4.78 is 11.1. The summed E-state index contributed by atoms with van der Waals surface area (Å²) in [5, 5.41) is 2.85. The summed E-state index contributed by atoms with van der Waals surface area (Å²) in [4.78, 5) is 21.3. The summed E-state index contributed by atoms with van der Waals surface area (Å²) in [6, 6.07) is 12.1. The Bertz CT molecular complexity index is 907. The van der Waals surface area contributed by atoms with Crippen LogP contribution in [0.15, 0.2) is 42.6 Å². The fourth-order valence-corrected chi connectivity index (χ4v) is 5.15. The van der Waals surface area contributed by atoms with Crippen molar-refractivity contribution in [3.8, 4) is 11.6 Å². The molecule has 190 valence electrons. The number of nitrogens with one attached hydrogen (secondary N) is 1. The molecule has 1 aromatic carbocycles. The Labute approximate surface area is 209 Å². The van der Waals surface area contributed by atoms with Crippen LogP contribution >= 0.6 is 0 Å². The zero-order chi connectivity index (χ0) is 24.3. The van der Waals surface area contributed by atoms with Crippen LogP contribution < -0.4 is 19.7 Å². The first kappa shape index (κ1) is 25.3. The zero-order valence-corrected chi connectivity index (χ0v) is 21.1. The molecule has 1 saturated carbocycles. The lowest BCUT2D eigenvalue weighted by atomic mass is 9.85. The molecule has 2 fully saturated rings. The van der Waals surface area contributed by atoms with E-state index in [1.807, 2.05) is 31.3 Å². The summed E-state index contributed by atoms with van der Waals surface area (Å²) in [5.41, 5.74) is 2.40. The topological polar surface area (TPSA) is 66.9 Å². The van der Waals surface area contributed by atoms with Gasteiger partial charge in [-0.1, -0.05) is 50.3 Å². The molecular formula is C28H40N4O3. The largest absolute Gasteiger partial charge is 0.492 e. The van der Waals surface area contributed by atoms with Crippen molar-refractivity contribution in [1.82, 2.24) is 15.2 Å². The van der Waals surface area contributed by atoms with Crippen molar-refractivity contribution in [3.05, 3.63) is 48.2 Å². The predicted octanol–water partition coefficient (Wildman–Crippen LogP) is 4.90. The number of piperazine rings is 1. The van der Waals surface area contributed by atoms with Gasteiger partial charge < -0.3 is 19.7 Å². The summed E-state index contributed by atoms with van der Waals surface area (Å²) in [5.74, 6) is 2.09. The van der Waals surface area contributed by atoms with Gasteiger partial charge in [-0.05, 0) is 49.9 Å². The van der Waals surface area contributed by atoms with Crippen molar-refractivity contribution in [2.45, 2.75) is 51.9 Å². The number of para-hydroxylation sites is 2. The van der Waals surface area contributed by atoms with Gasteiger partial charge in [-0.15, -0.1) is 0 Å². The monoisotopic (exact) mass is 480 g/mol. The molecule has 1 amide bonds. The molecule has 2 heterocycles. The summed E-state index contributed by atoms with van der Waals surface area (Å²) in [6.07, 6.45) is 10.1. The van der Waals surface area contributed by atoms with Crippen molar-refractivity contribution in [2.24, 2.45) is 5.92 Å². The molecule has 0 spiro atoms. The highest BCUT2D eigenvalue weighted by Crippen LogP contribution is 2.29. The van der Waals surface area contributed by atoms with Crippen molar-refractivity contribution in [2.75, 3.05) is 50.8 Å². The first-order valence-corrected chi connectivity index (χ1v) is 13.3. The van der Waals surface area contributed by atoms with Gasteiger partial charge in [0, 0.05) is 45.0 Å². The Hall–Kier alpha value is -2.80. The first-order valence-electron chi connectivity index (χ1n) is 13.3. The molecule has 2 aliphatic rings. The number of aromatic nitrogens is 1. The van der Waals surface area contributed by atoms with E-state index in [9.17, 15) is 4.79 Å². The normalized spacial score (nSPS) is 17.2. The maximum absolute atomic E-state index is 12.1. The fraction of sp³-hybridized carbons (Fsp3) is 0.571. The SMILES string of the molecule is CCOc1ccccc1N1CCN(CCCNC(=O)Oc2ccc(CC3CCCCC3)cn2)CC1. The molecule has 1 aliphatic heterocycles. The average molecular weight is 481 g/mol. The number of pyridine rings is 1. The molecule has 35 heavy (non-hydrogen) atoms. The van der Waals surface area contributed by atoms with Gasteiger partial charge in [0.15, 0.2) is 0 Å². The smallest absolute Gasteiger partial charge is 0.413 e. The zero-order valence-electron chi connectivity index (χ0n) is 21.1. The molecule has 7 heteroatoms. The highest BCUT2D eigenvalue weighted by atomic mass is 16.6. The van der Waals surface area contributed by atoms with Crippen LogP contribution in [0.3, 0.4) is 0 Å². The molecule has 2 aromatic rings. The molecule has 1 saturated heterocycles. The van der Waals surface area contributed by atoms with Crippen LogP contribution in [0.5, 0.6) is 11.6 Å². The minimum atomic E-state index is -0.435. The minimum absolute atomic E-state index is 0.360.